The molecule has 0 heterocycles. The van der Waals surface area contributed by atoms with Crippen LogP contribution < -0.4 is 0 Å². The van der Waals surface area contributed by atoms with Gasteiger partial charge in [0.2, 0.25) is 0 Å². The van der Waals surface area contributed by atoms with Crippen LogP contribution in [0.15, 0.2) is 12.1 Å². The van der Waals surface area contributed by atoms with E-state index in [1.807, 2.05) is 6.92 Å². The van der Waals surface area contributed by atoms with E-state index in [4.69, 9.17) is 11.6 Å². The van der Waals surface area contributed by atoms with Gasteiger partial charge < -0.3 is 0 Å². The largest absolute Gasteiger partial charge is 0.106 e. The number of halogens is 1. The third-order valence-electron chi connectivity index (χ3n) is 4.07. The van der Waals surface area contributed by atoms with Crippen molar-refractivity contribution < 1.29 is 0 Å². The van der Waals surface area contributed by atoms with Crippen LogP contribution in [0.1, 0.15) is 56.2 Å². The Morgan fingerprint density at radius 3 is 2.33 bits per heavy atom. The Balaban J connectivity index is 2.35. The zero-order chi connectivity index (χ0) is 13.1. The van der Waals surface area contributed by atoms with Crippen LogP contribution in [0, 0.1) is 17.8 Å². The summed E-state index contributed by atoms with van der Waals surface area (Å²) in [7, 11) is 0. The highest BCUT2D eigenvalue weighted by atomic mass is 35.5. The molecule has 1 aromatic rings. The standard InChI is InChI=1S/C17H21Cl/c1-4-7-12(2)13(3)16-10-14-8-5-6-9-15(14)11-17(16)18/h10-13H,5-6,8-9H2,1-3H3. The number of hydrogen-bond donors (Lipinski definition) is 0. The van der Waals surface area contributed by atoms with Crippen molar-refractivity contribution in [3.63, 3.8) is 0 Å². The summed E-state index contributed by atoms with van der Waals surface area (Å²) in [5, 5.41) is 0.924. The SMILES string of the molecule is CC#CC(C)C(C)c1cc2c(cc1Cl)CCCC2. The van der Waals surface area contributed by atoms with Crippen LogP contribution in [-0.2, 0) is 12.8 Å². The van der Waals surface area contributed by atoms with Gasteiger partial charge in [-0.25, -0.2) is 0 Å². The van der Waals surface area contributed by atoms with Crippen molar-refractivity contribution in [2.45, 2.75) is 52.4 Å². The van der Waals surface area contributed by atoms with E-state index in [1.165, 1.54) is 42.4 Å². The third kappa shape index (κ3) is 2.73. The Morgan fingerprint density at radius 1 is 1.11 bits per heavy atom. The Hall–Kier alpha value is -0.930. The van der Waals surface area contributed by atoms with Crippen molar-refractivity contribution in [1.29, 1.82) is 0 Å². The van der Waals surface area contributed by atoms with Gasteiger partial charge in [0.25, 0.3) is 0 Å². The van der Waals surface area contributed by atoms with E-state index in [1.54, 1.807) is 0 Å². The van der Waals surface area contributed by atoms with Gasteiger partial charge in [-0.3, -0.25) is 0 Å². The molecule has 0 N–H and O–H groups in total. The summed E-state index contributed by atoms with van der Waals surface area (Å²) in [6, 6.07) is 4.52. The normalized spacial score (nSPS) is 17.3. The highest BCUT2D eigenvalue weighted by Crippen LogP contribution is 2.34. The topological polar surface area (TPSA) is 0 Å². The molecule has 0 aliphatic heterocycles. The van der Waals surface area contributed by atoms with Crippen molar-refractivity contribution in [3.8, 4) is 11.8 Å². The van der Waals surface area contributed by atoms with Crippen LogP contribution in [0.3, 0.4) is 0 Å². The lowest BCUT2D eigenvalue weighted by Crippen LogP contribution is -2.09. The molecule has 0 bridgehead atoms. The van der Waals surface area contributed by atoms with Gasteiger partial charge >= 0.3 is 0 Å². The monoisotopic (exact) mass is 260 g/mol. The summed E-state index contributed by atoms with van der Waals surface area (Å²) in [4.78, 5) is 0. The molecule has 0 saturated carbocycles. The fourth-order valence-electron chi connectivity index (χ4n) is 2.75. The van der Waals surface area contributed by atoms with Crippen LogP contribution in [0.4, 0.5) is 0 Å². The molecule has 0 radical (unpaired) electrons. The first-order valence-electron chi connectivity index (χ1n) is 6.87. The zero-order valence-corrected chi connectivity index (χ0v) is 12.3. The van der Waals surface area contributed by atoms with Crippen LogP contribution in [0.5, 0.6) is 0 Å². The minimum Gasteiger partial charge on any atom is -0.106 e. The van der Waals surface area contributed by atoms with Crippen molar-refractivity contribution in [2.24, 2.45) is 5.92 Å². The van der Waals surface area contributed by atoms with Gasteiger partial charge in [-0.1, -0.05) is 37.4 Å². The molecular weight excluding hydrogens is 240 g/mol. The summed E-state index contributed by atoms with van der Waals surface area (Å²) < 4.78 is 0. The van der Waals surface area contributed by atoms with Crippen LogP contribution >= 0.6 is 11.6 Å². The number of hydrogen-bond acceptors (Lipinski definition) is 0. The first kappa shape index (κ1) is 13.5. The maximum Gasteiger partial charge on any atom is 0.0444 e. The highest BCUT2D eigenvalue weighted by molar-refractivity contribution is 6.31. The van der Waals surface area contributed by atoms with Gasteiger partial charge in [0.05, 0.1) is 0 Å². The van der Waals surface area contributed by atoms with Gasteiger partial charge in [0.15, 0.2) is 0 Å². The van der Waals surface area contributed by atoms with E-state index in [0.29, 0.717) is 11.8 Å². The van der Waals surface area contributed by atoms with Gasteiger partial charge in [0.1, 0.15) is 0 Å². The summed E-state index contributed by atoms with van der Waals surface area (Å²) in [5.74, 6) is 7.01. The summed E-state index contributed by atoms with van der Waals surface area (Å²) >= 11 is 6.45. The Bertz CT molecular complexity index is 490. The maximum atomic E-state index is 6.45. The molecule has 0 fully saturated rings. The Kier molecular flexibility index (Phi) is 4.36. The molecule has 2 unspecified atom stereocenters. The Morgan fingerprint density at radius 2 is 1.72 bits per heavy atom. The smallest absolute Gasteiger partial charge is 0.0444 e. The molecule has 1 aliphatic carbocycles. The summed E-state index contributed by atoms with van der Waals surface area (Å²) in [6.07, 6.45) is 5.01. The lowest BCUT2D eigenvalue weighted by atomic mass is 9.84. The second kappa shape index (κ2) is 5.81. The number of rotatable bonds is 2. The number of benzene rings is 1. The Labute approximate surface area is 116 Å². The summed E-state index contributed by atoms with van der Waals surface area (Å²) in [6.45, 7) is 6.31. The van der Waals surface area contributed by atoms with E-state index in [-0.39, 0.29) is 0 Å². The molecular formula is C17H21Cl. The van der Waals surface area contributed by atoms with Crippen LogP contribution in [0.25, 0.3) is 0 Å². The highest BCUT2D eigenvalue weighted by Gasteiger charge is 2.19. The molecule has 0 nitrogen and oxygen atoms in total. The van der Waals surface area contributed by atoms with Gasteiger partial charge in [-0.15, -0.1) is 5.92 Å². The molecule has 1 aliphatic rings. The molecule has 2 rings (SSSR count). The van der Waals surface area contributed by atoms with Gasteiger partial charge in [0, 0.05) is 10.9 Å². The molecule has 0 spiro atoms. The lowest BCUT2D eigenvalue weighted by molar-refractivity contribution is 0.606. The zero-order valence-electron chi connectivity index (χ0n) is 11.5. The first-order chi connectivity index (χ1) is 8.63. The second-order valence-corrected chi connectivity index (χ2v) is 5.73. The molecule has 0 amide bonds. The van der Waals surface area contributed by atoms with Crippen molar-refractivity contribution in [3.05, 3.63) is 33.8 Å². The average molecular weight is 261 g/mol. The van der Waals surface area contributed by atoms with E-state index in [2.05, 4.69) is 37.8 Å². The fraction of sp³-hybridized carbons (Fsp3) is 0.529. The third-order valence-corrected chi connectivity index (χ3v) is 4.40. The maximum absolute atomic E-state index is 6.45. The quantitative estimate of drug-likeness (QED) is 0.658. The van der Waals surface area contributed by atoms with Crippen LogP contribution in [0.2, 0.25) is 5.02 Å². The average Bonchev–Trinajstić information content (AvgIpc) is 2.37. The molecule has 0 aromatic heterocycles. The van der Waals surface area contributed by atoms with Gasteiger partial charge in [-0.2, -0.15) is 0 Å². The van der Waals surface area contributed by atoms with Crippen molar-refractivity contribution in [1.82, 2.24) is 0 Å². The van der Waals surface area contributed by atoms with E-state index in [0.717, 1.165) is 5.02 Å². The molecule has 1 heteroatoms. The van der Waals surface area contributed by atoms with Gasteiger partial charge in [-0.05, 0) is 61.3 Å². The number of fused-ring (bicyclic) bond motifs is 1. The predicted molar refractivity (Wildman–Crippen MR) is 79.1 cm³/mol. The van der Waals surface area contributed by atoms with Crippen molar-refractivity contribution in [2.75, 3.05) is 0 Å². The molecule has 0 saturated heterocycles. The van der Waals surface area contributed by atoms with Crippen molar-refractivity contribution >= 4 is 11.6 Å². The molecule has 1 aromatic carbocycles. The molecule has 96 valence electrons. The van der Waals surface area contributed by atoms with E-state index >= 15 is 0 Å². The molecule has 18 heavy (non-hydrogen) atoms. The first-order valence-corrected chi connectivity index (χ1v) is 7.24. The number of aryl methyl sites for hydroxylation is 2. The second-order valence-electron chi connectivity index (χ2n) is 5.32. The fourth-order valence-corrected chi connectivity index (χ4v) is 3.10. The lowest BCUT2D eigenvalue weighted by Gasteiger charge is -2.22. The predicted octanol–water partition coefficient (Wildman–Crippen LogP) is 4.98. The summed E-state index contributed by atoms with van der Waals surface area (Å²) in [5.41, 5.74) is 4.23. The minimum absolute atomic E-state index is 0.356. The van der Waals surface area contributed by atoms with Crippen LogP contribution in [-0.4, -0.2) is 0 Å². The minimum atomic E-state index is 0.356. The molecule has 2 atom stereocenters. The van der Waals surface area contributed by atoms with E-state index in [9.17, 15) is 0 Å². The van der Waals surface area contributed by atoms with E-state index < -0.39 is 0 Å².